The smallest absolute Gasteiger partial charge is 0.359 e. The molecule has 0 bridgehead atoms. The van der Waals surface area contributed by atoms with Crippen LogP contribution in [0.1, 0.15) is 30.8 Å². The fourth-order valence-electron chi connectivity index (χ4n) is 1.99. The molecule has 0 aliphatic rings. The van der Waals surface area contributed by atoms with Crippen molar-refractivity contribution in [2.24, 2.45) is 0 Å². The number of aromatic nitrogens is 2. The number of esters is 1. The summed E-state index contributed by atoms with van der Waals surface area (Å²) in [6.45, 7) is 3.02. The van der Waals surface area contributed by atoms with E-state index in [1.54, 1.807) is 31.2 Å². The standard InChI is InChI=1S/C16H18N4O5/c1-3-9(2)17-16(24)18-12(21)8-25-15(23)13-10-6-4-5-7-11(10)14(22)20-19-13/h4-7,9H,3,8H2,1-2H3,(H,20,22)(H2,17,18,21,24)/t9-/m0/s1. The van der Waals surface area contributed by atoms with Gasteiger partial charge in [0, 0.05) is 11.4 Å². The van der Waals surface area contributed by atoms with Crippen LogP contribution in [0.5, 0.6) is 0 Å². The van der Waals surface area contributed by atoms with Crippen molar-refractivity contribution in [3.63, 3.8) is 0 Å². The van der Waals surface area contributed by atoms with E-state index in [9.17, 15) is 19.2 Å². The number of hydrogen-bond acceptors (Lipinski definition) is 6. The average molecular weight is 346 g/mol. The molecular weight excluding hydrogens is 328 g/mol. The van der Waals surface area contributed by atoms with Gasteiger partial charge in [-0.25, -0.2) is 14.7 Å². The molecule has 2 rings (SSSR count). The summed E-state index contributed by atoms with van der Waals surface area (Å²) in [5.41, 5.74) is -0.557. The predicted octanol–water partition coefficient (Wildman–Crippen LogP) is 0.704. The van der Waals surface area contributed by atoms with Crippen LogP contribution in [0.3, 0.4) is 0 Å². The summed E-state index contributed by atoms with van der Waals surface area (Å²) in [5, 5.41) is 11.1. The molecule has 3 N–H and O–H groups in total. The van der Waals surface area contributed by atoms with Gasteiger partial charge in [-0.15, -0.1) is 0 Å². The molecule has 3 amide bonds. The summed E-state index contributed by atoms with van der Waals surface area (Å²) in [5.74, 6) is -1.66. The van der Waals surface area contributed by atoms with Crippen molar-refractivity contribution in [3.05, 3.63) is 40.3 Å². The summed E-state index contributed by atoms with van der Waals surface area (Å²) in [6, 6.07) is 5.63. The van der Waals surface area contributed by atoms with E-state index in [0.717, 1.165) is 0 Å². The zero-order valence-electron chi connectivity index (χ0n) is 13.8. The molecule has 132 valence electrons. The molecule has 0 saturated heterocycles. The molecule has 0 aliphatic carbocycles. The van der Waals surface area contributed by atoms with Crippen molar-refractivity contribution in [3.8, 4) is 0 Å². The molecule has 1 heterocycles. The van der Waals surface area contributed by atoms with Crippen LogP contribution >= 0.6 is 0 Å². The first-order valence-electron chi connectivity index (χ1n) is 7.67. The van der Waals surface area contributed by atoms with Crippen molar-refractivity contribution in [2.45, 2.75) is 26.3 Å². The van der Waals surface area contributed by atoms with Gasteiger partial charge in [0.1, 0.15) is 0 Å². The molecule has 25 heavy (non-hydrogen) atoms. The molecule has 0 saturated carbocycles. The molecule has 2 aromatic rings. The lowest BCUT2D eigenvalue weighted by Crippen LogP contribution is -2.44. The Morgan fingerprint density at radius 3 is 2.60 bits per heavy atom. The van der Waals surface area contributed by atoms with Crippen LogP contribution in [0.2, 0.25) is 0 Å². The molecule has 0 spiro atoms. The number of nitrogens with one attached hydrogen (secondary N) is 3. The number of fused-ring (bicyclic) bond motifs is 1. The Balaban J connectivity index is 1.99. The lowest BCUT2D eigenvalue weighted by molar-refractivity contribution is -0.123. The Morgan fingerprint density at radius 1 is 1.24 bits per heavy atom. The van der Waals surface area contributed by atoms with E-state index in [-0.39, 0.29) is 17.1 Å². The first kappa shape index (κ1) is 18.1. The highest BCUT2D eigenvalue weighted by Crippen LogP contribution is 2.13. The normalized spacial score (nSPS) is 11.6. The van der Waals surface area contributed by atoms with Crippen molar-refractivity contribution in [1.82, 2.24) is 20.8 Å². The first-order valence-corrected chi connectivity index (χ1v) is 7.67. The summed E-state index contributed by atoms with van der Waals surface area (Å²) in [6.07, 6.45) is 0.710. The Morgan fingerprint density at radius 2 is 1.92 bits per heavy atom. The number of urea groups is 1. The summed E-state index contributed by atoms with van der Waals surface area (Å²) >= 11 is 0. The maximum atomic E-state index is 12.1. The van der Waals surface area contributed by atoms with Gasteiger partial charge in [-0.3, -0.25) is 14.9 Å². The third-order valence-electron chi connectivity index (χ3n) is 3.47. The molecule has 1 aromatic carbocycles. The molecule has 0 unspecified atom stereocenters. The molecule has 9 heteroatoms. The SMILES string of the molecule is CC[C@H](C)NC(=O)NC(=O)COC(=O)c1n[nH]c(=O)c2ccccc12. The summed E-state index contributed by atoms with van der Waals surface area (Å²) in [4.78, 5) is 46.9. The van der Waals surface area contributed by atoms with Gasteiger partial charge < -0.3 is 10.1 Å². The van der Waals surface area contributed by atoms with Gasteiger partial charge in [0.15, 0.2) is 12.3 Å². The number of H-pyrrole nitrogens is 1. The van der Waals surface area contributed by atoms with Crippen molar-refractivity contribution < 1.29 is 19.1 Å². The number of carbonyl (C=O) groups is 3. The van der Waals surface area contributed by atoms with E-state index < -0.39 is 30.1 Å². The van der Waals surface area contributed by atoms with E-state index in [2.05, 4.69) is 20.8 Å². The third-order valence-corrected chi connectivity index (χ3v) is 3.47. The van der Waals surface area contributed by atoms with Crippen molar-refractivity contribution in [2.75, 3.05) is 6.61 Å². The predicted molar refractivity (Wildman–Crippen MR) is 89.1 cm³/mol. The van der Waals surface area contributed by atoms with Gasteiger partial charge in [0.2, 0.25) is 0 Å². The number of nitrogens with zero attached hydrogens (tertiary/aromatic N) is 1. The lowest BCUT2D eigenvalue weighted by atomic mass is 10.1. The largest absolute Gasteiger partial charge is 0.451 e. The summed E-state index contributed by atoms with van der Waals surface area (Å²) in [7, 11) is 0. The second-order valence-corrected chi connectivity index (χ2v) is 5.35. The Hall–Kier alpha value is -3.23. The minimum atomic E-state index is -0.884. The fraction of sp³-hybridized carbons (Fsp3) is 0.312. The van der Waals surface area contributed by atoms with Gasteiger partial charge in [0.25, 0.3) is 11.5 Å². The van der Waals surface area contributed by atoms with Crippen LogP contribution < -0.4 is 16.2 Å². The Bertz CT molecular complexity index is 861. The van der Waals surface area contributed by atoms with Crippen molar-refractivity contribution in [1.29, 1.82) is 0 Å². The number of amides is 3. The average Bonchev–Trinajstić information content (AvgIpc) is 2.60. The number of benzene rings is 1. The number of carbonyl (C=O) groups excluding carboxylic acids is 3. The molecule has 1 aromatic heterocycles. The quantitative estimate of drug-likeness (QED) is 0.683. The molecule has 0 aliphatic heterocycles. The molecule has 9 nitrogen and oxygen atoms in total. The van der Waals surface area contributed by atoms with Crippen LogP contribution in [0.15, 0.2) is 29.1 Å². The van der Waals surface area contributed by atoms with E-state index >= 15 is 0 Å². The molecule has 0 fully saturated rings. The second kappa shape index (κ2) is 8.04. The number of hydrogen-bond donors (Lipinski definition) is 3. The second-order valence-electron chi connectivity index (χ2n) is 5.35. The lowest BCUT2D eigenvalue weighted by Gasteiger charge is -2.11. The van der Waals surface area contributed by atoms with Crippen LogP contribution in [-0.2, 0) is 9.53 Å². The van der Waals surface area contributed by atoms with E-state index in [1.807, 2.05) is 6.92 Å². The van der Waals surface area contributed by atoms with E-state index in [4.69, 9.17) is 4.74 Å². The Labute approximate surface area is 142 Å². The van der Waals surface area contributed by atoms with E-state index in [1.165, 1.54) is 0 Å². The Kier molecular flexibility index (Phi) is 5.83. The molecular formula is C16H18N4O5. The zero-order valence-corrected chi connectivity index (χ0v) is 13.8. The zero-order chi connectivity index (χ0) is 18.4. The van der Waals surface area contributed by atoms with Gasteiger partial charge in [-0.05, 0) is 19.4 Å². The highest BCUT2D eigenvalue weighted by atomic mass is 16.5. The van der Waals surface area contributed by atoms with E-state index in [0.29, 0.717) is 11.8 Å². The molecule has 1 atom stereocenters. The maximum Gasteiger partial charge on any atom is 0.359 e. The number of imide groups is 1. The number of rotatable bonds is 5. The molecule has 0 radical (unpaired) electrons. The highest BCUT2D eigenvalue weighted by molar-refractivity contribution is 6.03. The maximum absolute atomic E-state index is 12.1. The third kappa shape index (κ3) is 4.63. The first-order chi connectivity index (χ1) is 11.9. The van der Waals surface area contributed by atoms with Crippen LogP contribution in [-0.4, -0.2) is 40.8 Å². The van der Waals surface area contributed by atoms with Crippen LogP contribution in [0, 0.1) is 0 Å². The van der Waals surface area contributed by atoms with Crippen molar-refractivity contribution >= 4 is 28.7 Å². The fourth-order valence-corrected chi connectivity index (χ4v) is 1.99. The minimum Gasteiger partial charge on any atom is -0.451 e. The summed E-state index contributed by atoms with van der Waals surface area (Å²) < 4.78 is 4.85. The number of aromatic amines is 1. The van der Waals surface area contributed by atoms with Crippen LogP contribution in [0.4, 0.5) is 4.79 Å². The minimum absolute atomic E-state index is 0.0907. The van der Waals surface area contributed by atoms with Gasteiger partial charge >= 0.3 is 12.0 Å². The topological polar surface area (TPSA) is 130 Å². The van der Waals surface area contributed by atoms with Gasteiger partial charge in [-0.1, -0.05) is 25.1 Å². The van der Waals surface area contributed by atoms with Gasteiger partial charge in [-0.2, -0.15) is 5.10 Å². The van der Waals surface area contributed by atoms with Gasteiger partial charge in [0.05, 0.1) is 5.39 Å². The highest BCUT2D eigenvalue weighted by Gasteiger charge is 2.17. The number of ether oxygens (including phenoxy) is 1. The van der Waals surface area contributed by atoms with Crippen LogP contribution in [0.25, 0.3) is 10.8 Å². The monoisotopic (exact) mass is 346 g/mol.